The SMILES string of the molecule is NC1C2CCC(C2)C1C(=O)NCc1coc(-c2ccccc2)n1. The van der Waals surface area contributed by atoms with Crippen LogP contribution >= 0.6 is 0 Å². The first-order valence-electron chi connectivity index (χ1n) is 8.25. The van der Waals surface area contributed by atoms with Crippen molar-refractivity contribution >= 4 is 5.91 Å². The van der Waals surface area contributed by atoms with Crippen LogP contribution in [-0.4, -0.2) is 16.9 Å². The molecule has 2 fully saturated rings. The fraction of sp³-hybridized carbons (Fsp3) is 0.444. The second-order valence-corrected chi connectivity index (χ2v) is 6.66. The van der Waals surface area contributed by atoms with Gasteiger partial charge in [0.2, 0.25) is 11.8 Å². The van der Waals surface area contributed by atoms with E-state index in [-0.39, 0.29) is 17.9 Å². The van der Waals surface area contributed by atoms with E-state index in [2.05, 4.69) is 10.3 Å². The molecule has 2 aromatic rings. The first-order valence-corrected chi connectivity index (χ1v) is 8.25. The van der Waals surface area contributed by atoms with Crippen LogP contribution < -0.4 is 11.1 Å². The summed E-state index contributed by atoms with van der Waals surface area (Å²) in [4.78, 5) is 16.9. The van der Waals surface area contributed by atoms with E-state index >= 15 is 0 Å². The monoisotopic (exact) mass is 311 g/mol. The summed E-state index contributed by atoms with van der Waals surface area (Å²) < 4.78 is 5.49. The number of nitrogens with zero attached hydrogens (tertiary/aromatic N) is 1. The number of nitrogens with two attached hydrogens (primary N) is 1. The number of nitrogens with one attached hydrogen (secondary N) is 1. The molecule has 2 aliphatic rings. The van der Waals surface area contributed by atoms with Crippen LogP contribution in [-0.2, 0) is 11.3 Å². The lowest BCUT2D eigenvalue weighted by atomic mass is 9.84. The number of carbonyl (C=O) groups excluding carboxylic acids is 1. The van der Waals surface area contributed by atoms with Crippen LogP contribution in [0.3, 0.4) is 0 Å². The van der Waals surface area contributed by atoms with Gasteiger partial charge in [0.15, 0.2) is 0 Å². The van der Waals surface area contributed by atoms with E-state index in [1.165, 1.54) is 6.42 Å². The zero-order valence-corrected chi connectivity index (χ0v) is 12.9. The Morgan fingerprint density at radius 3 is 2.78 bits per heavy atom. The number of amides is 1. The molecule has 2 saturated carbocycles. The van der Waals surface area contributed by atoms with Gasteiger partial charge in [-0.3, -0.25) is 4.79 Å². The molecular formula is C18H21N3O2. The summed E-state index contributed by atoms with van der Waals surface area (Å²) in [6, 6.07) is 9.75. The topological polar surface area (TPSA) is 81.2 Å². The molecule has 23 heavy (non-hydrogen) atoms. The zero-order chi connectivity index (χ0) is 15.8. The van der Waals surface area contributed by atoms with E-state index in [0.29, 0.717) is 24.3 Å². The number of rotatable bonds is 4. The Morgan fingerprint density at radius 2 is 2.04 bits per heavy atom. The van der Waals surface area contributed by atoms with Crippen molar-refractivity contribution in [2.75, 3.05) is 0 Å². The molecule has 0 saturated heterocycles. The van der Waals surface area contributed by atoms with E-state index in [1.807, 2.05) is 30.3 Å². The van der Waals surface area contributed by atoms with Crippen molar-refractivity contribution in [1.29, 1.82) is 0 Å². The van der Waals surface area contributed by atoms with E-state index < -0.39 is 0 Å². The minimum atomic E-state index is -0.0331. The van der Waals surface area contributed by atoms with Gasteiger partial charge in [-0.1, -0.05) is 18.2 Å². The predicted octanol–water partition coefficient (Wildman–Crippen LogP) is 2.33. The summed E-state index contributed by atoms with van der Waals surface area (Å²) in [5, 5.41) is 2.98. The fourth-order valence-electron chi connectivity index (χ4n) is 4.12. The van der Waals surface area contributed by atoms with Crippen LogP contribution in [0.25, 0.3) is 11.5 Å². The number of carbonyl (C=O) groups is 1. The lowest BCUT2D eigenvalue weighted by Gasteiger charge is -2.26. The van der Waals surface area contributed by atoms with Gasteiger partial charge in [-0.05, 0) is 43.2 Å². The Labute approximate surface area is 135 Å². The van der Waals surface area contributed by atoms with Crippen molar-refractivity contribution in [2.24, 2.45) is 23.5 Å². The van der Waals surface area contributed by atoms with E-state index in [9.17, 15) is 4.79 Å². The molecule has 1 aromatic heterocycles. The average molecular weight is 311 g/mol. The fourth-order valence-corrected chi connectivity index (χ4v) is 4.12. The van der Waals surface area contributed by atoms with Gasteiger partial charge in [-0.15, -0.1) is 0 Å². The number of hydrogen-bond donors (Lipinski definition) is 2. The summed E-state index contributed by atoms with van der Waals surface area (Å²) in [6.07, 6.45) is 5.03. The van der Waals surface area contributed by atoms with Crippen molar-refractivity contribution in [1.82, 2.24) is 10.3 Å². The standard InChI is InChI=1S/C18H21N3O2/c19-16-13-7-6-12(8-13)15(16)17(22)20-9-14-10-23-18(21-14)11-4-2-1-3-5-11/h1-5,10,12-13,15-16H,6-9,19H2,(H,20,22). The second-order valence-electron chi connectivity index (χ2n) is 6.66. The van der Waals surface area contributed by atoms with Gasteiger partial charge in [0.25, 0.3) is 0 Å². The number of hydrogen-bond acceptors (Lipinski definition) is 4. The zero-order valence-electron chi connectivity index (χ0n) is 12.9. The molecule has 0 aliphatic heterocycles. The van der Waals surface area contributed by atoms with Crippen LogP contribution in [0.2, 0.25) is 0 Å². The first kappa shape index (κ1) is 14.5. The van der Waals surface area contributed by atoms with Crippen LogP contribution in [0.5, 0.6) is 0 Å². The maximum atomic E-state index is 12.4. The highest BCUT2D eigenvalue weighted by Gasteiger charge is 2.48. The molecule has 0 spiro atoms. The molecule has 4 unspecified atom stereocenters. The first-order chi connectivity index (χ1) is 11.2. The maximum Gasteiger partial charge on any atom is 0.226 e. The predicted molar refractivity (Wildman–Crippen MR) is 86.1 cm³/mol. The highest BCUT2D eigenvalue weighted by Crippen LogP contribution is 2.47. The third-order valence-electron chi connectivity index (χ3n) is 5.30. The minimum absolute atomic E-state index is 0.0194. The van der Waals surface area contributed by atoms with Gasteiger partial charge in [-0.25, -0.2) is 4.98 Å². The highest BCUT2D eigenvalue weighted by atomic mass is 16.3. The van der Waals surface area contributed by atoms with Crippen LogP contribution in [0, 0.1) is 17.8 Å². The van der Waals surface area contributed by atoms with Gasteiger partial charge in [0.1, 0.15) is 6.26 Å². The third kappa shape index (κ3) is 2.65. The number of fused-ring (bicyclic) bond motifs is 2. The molecule has 0 radical (unpaired) electrons. The van der Waals surface area contributed by atoms with Crippen molar-refractivity contribution in [3.63, 3.8) is 0 Å². The van der Waals surface area contributed by atoms with E-state index in [4.69, 9.17) is 10.2 Å². The molecule has 3 N–H and O–H groups in total. The van der Waals surface area contributed by atoms with Crippen molar-refractivity contribution in [3.05, 3.63) is 42.3 Å². The Morgan fingerprint density at radius 1 is 1.26 bits per heavy atom. The van der Waals surface area contributed by atoms with E-state index in [0.717, 1.165) is 24.1 Å². The molecule has 5 nitrogen and oxygen atoms in total. The molecule has 4 rings (SSSR count). The normalized spacial score (nSPS) is 28.9. The Kier molecular flexibility index (Phi) is 3.65. The van der Waals surface area contributed by atoms with Crippen LogP contribution in [0.1, 0.15) is 25.0 Å². The molecular weight excluding hydrogens is 290 g/mol. The summed E-state index contributed by atoms with van der Waals surface area (Å²) in [5.74, 6) is 1.61. The van der Waals surface area contributed by atoms with E-state index in [1.54, 1.807) is 6.26 Å². The molecule has 4 atom stereocenters. The molecule has 2 aliphatic carbocycles. The van der Waals surface area contributed by atoms with Crippen molar-refractivity contribution < 1.29 is 9.21 Å². The Bertz CT molecular complexity index is 695. The third-order valence-corrected chi connectivity index (χ3v) is 5.30. The van der Waals surface area contributed by atoms with Crippen LogP contribution in [0.4, 0.5) is 0 Å². The second kappa shape index (κ2) is 5.81. The maximum absolute atomic E-state index is 12.4. The van der Waals surface area contributed by atoms with Crippen molar-refractivity contribution in [3.8, 4) is 11.5 Å². The van der Waals surface area contributed by atoms with Crippen molar-refractivity contribution in [2.45, 2.75) is 31.8 Å². The lowest BCUT2D eigenvalue weighted by molar-refractivity contribution is -0.127. The lowest BCUT2D eigenvalue weighted by Crippen LogP contribution is -2.45. The van der Waals surface area contributed by atoms with Gasteiger partial charge in [0.05, 0.1) is 18.2 Å². The number of oxazole rings is 1. The van der Waals surface area contributed by atoms with Gasteiger partial charge >= 0.3 is 0 Å². The number of aromatic nitrogens is 1. The number of benzene rings is 1. The molecule has 2 bridgehead atoms. The Hall–Kier alpha value is -2.14. The van der Waals surface area contributed by atoms with Gasteiger partial charge < -0.3 is 15.5 Å². The summed E-state index contributed by atoms with van der Waals surface area (Å²) in [5.41, 5.74) is 7.88. The summed E-state index contributed by atoms with van der Waals surface area (Å²) in [6.45, 7) is 0.385. The average Bonchev–Trinajstić information content (AvgIpc) is 3.29. The quantitative estimate of drug-likeness (QED) is 0.908. The molecule has 1 heterocycles. The minimum Gasteiger partial charge on any atom is -0.444 e. The molecule has 1 aromatic carbocycles. The smallest absolute Gasteiger partial charge is 0.226 e. The van der Waals surface area contributed by atoms with Crippen LogP contribution in [0.15, 0.2) is 41.0 Å². The van der Waals surface area contributed by atoms with Gasteiger partial charge in [-0.2, -0.15) is 0 Å². The van der Waals surface area contributed by atoms with Gasteiger partial charge in [0, 0.05) is 11.6 Å². The summed E-state index contributed by atoms with van der Waals surface area (Å²) >= 11 is 0. The highest BCUT2D eigenvalue weighted by molar-refractivity contribution is 5.80. The summed E-state index contributed by atoms with van der Waals surface area (Å²) in [7, 11) is 0. The largest absolute Gasteiger partial charge is 0.444 e. The molecule has 120 valence electrons. The molecule has 5 heteroatoms. The Balaban J connectivity index is 1.38. The molecule has 1 amide bonds.